The van der Waals surface area contributed by atoms with Gasteiger partial charge in [-0.25, -0.2) is 8.42 Å². The van der Waals surface area contributed by atoms with Crippen molar-refractivity contribution in [3.63, 3.8) is 0 Å². The molecule has 0 radical (unpaired) electrons. The van der Waals surface area contributed by atoms with Gasteiger partial charge in [0.05, 0.1) is 0 Å². The molecule has 1 rings (SSSR count). The summed E-state index contributed by atoms with van der Waals surface area (Å²) in [5.74, 6) is 1.66. The summed E-state index contributed by atoms with van der Waals surface area (Å²) in [5, 5.41) is -0.430. The molecule has 0 aliphatic carbocycles. The summed E-state index contributed by atoms with van der Waals surface area (Å²) in [5.41, 5.74) is 0. The van der Waals surface area contributed by atoms with Crippen LogP contribution >= 0.6 is 11.8 Å². The lowest BCUT2D eigenvalue weighted by atomic mass is 10.1. The molecular weight excluding hydrogens is 246 g/mol. The summed E-state index contributed by atoms with van der Waals surface area (Å²) in [6.45, 7) is 4.22. The molecule has 16 heavy (non-hydrogen) atoms. The predicted molar refractivity (Wildman–Crippen MR) is 67.4 cm³/mol. The van der Waals surface area contributed by atoms with E-state index in [1.165, 1.54) is 6.26 Å². The highest BCUT2D eigenvalue weighted by atomic mass is 32.2. The average Bonchev–Trinajstić information content (AvgIpc) is 2.15. The van der Waals surface area contributed by atoms with Crippen molar-refractivity contribution < 1.29 is 13.2 Å². The number of rotatable bonds is 4. The standard InChI is InChI=1S/C10H19NO3S2/c1-8(6-9(2)12)11-4-5-15-7-10(11)16(3,13)14/h8,10H,4-7H2,1-3H3. The van der Waals surface area contributed by atoms with Crippen molar-refractivity contribution in [3.8, 4) is 0 Å². The summed E-state index contributed by atoms with van der Waals surface area (Å²) in [4.78, 5) is 13.0. The molecule has 0 N–H and O–H groups in total. The van der Waals surface area contributed by atoms with Crippen LogP contribution in [-0.2, 0) is 14.6 Å². The Morgan fingerprint density at radius 1 is 1.56 bits per heavy atom. The molecule has 1 saturated heterocycles. The molecule has 0 spiro atoms. The van der Waals surface area contributed by atoms with Crippen LogP contribution in [0, 0.1) is 0 Å². The number of hydrogen-bond donors (Lipinski definition) is 0. The minimum absolute atomic E-state index is 0.0122. The number of carbonyl (C=O) groups is 1. The first-order chi connectivity index (χ1) is 7.32. The first kappa shape index (κ1) is 14.0. The highest BCUT2D eigenvalue weighted by Crippen LogP contribution is 2.23. The van der Waals surface area contributed by atoms with Gasteiger partial charge in [-0.2, -0.15) is 11.8 Å². The monoisotopic (exact) mass is 265 g/mol. The minimum atomic E-state index is -3.06. The zero-order valence-corrected chi connectivity index (χ0v) is 11.6. The van der Waals surface area contributed by atoms with Crippen LogP contribution in [0.15, 0.2) is 0 Å². The highest BCUT2D eigenvalue weighted by Gasteiger charge is 2.33. The second-order valence-electron chi connectivity index (χ2n) is 4.35. The Hall–Kier alpha value is -0.0700. The second-order valence-corrected chi connectivity index (χ2v) is 7.71. The van der Waals surface area contributed by atoms with E-state index in [4.69, 9.17) is 0 Å². The summed E-state index contributed by atoms with van der Waals surface area (Å²) < 4.78 is 23.3. The van der Waals surface area contributed by atoms with E-state index < -0.39 is 15.2 Å². The van der Waals surface area contributed by atoms with Crippen molar-refractivity contribution in [1.29, 1.82) is 0 Å². The van der Waals surface area contributed by atoms with Crippen LogP contribution in [0.25, 0.3) is 0 Å². The molecular formula is C10H19NO3S2. The van der Waals surface area contributed by atoms with Gasteiger partial charge < -0.3 is 0 Å². The Bertz CT molecular complexity index is 353. The molecule has 6 heteroatoms. The van der Waals surface area contributed by atoms with Crippen LogP contribution < -0.4 is 0 Å². The number of hydrogen-bond acceptors (Lipinski definition) is 5. The number of Topliss-reactive ketones (excluding diaryl/α,β-unsaturated/α-hetero) is 1. The van der Waals surface area contributed by atoms with Gasteiger partial charge in [0.1, 0.15) is 11.2 Å². The smallest absolute Gasteiger partial charge is 0.164 e. The van der Waals surface area contributed by atoms with Crippen LogP contribution in [0.5, 0.6) is 0 Å². The normalized spacial score (nSPS) is 25.3. The Morgan fingerprint density at radius 3 is 2.69 bits per heavy atom. The number of sulfone groups is 1. The van der Waals surface area contributed by atoms with Gasteiger partial charge in [-0.1, -0.05) is 0 Å². The fourth-order valence-corrected chi connectivity index (χ4v) is 4.98. The Labute approximate surface area is 102 Å². The van der Waals surface area contributed by atoms with Gasteiger partial charge in [0.2, 0.25) is 0 Å². The van der Waals surface area contributed by atoms with Crippen LogP contribution in [0.3, 0.4) is 0 Å². The van der Waals surface area contributed by atoms with E-state index in [2.05, 4.69) is 0 Å². The van der Waals surface area contributed by atoms with Crippen LogP contribution in [0.1, 0.15) is 20.3 Å². The van der Waals surface area contributed by atoms with E-state index in [0.717, 1.165) is 12.3 Å². The zero-order valence-electron chi connectivity index (χ0n) is 9.97. The van der Waals surface area contributed by atoms with Crippen molar-refractivity contribution in [2.75, 3.05) is 24.3 Å². The van der Waals surface area contributed by atoms with Crippen LogP contribution in [0.4, 0.5) is 0 Å². The third-order valence-corrected chi connectivity index (χ3v) is 5.43. The van der Waals surface area contributed by atoms with Crippen molar-refractivity contribution in [2.24, 2.45) is 0 Å². The Morgan fingerprint density at radius 2 is 2.19 bits per heavy atom. The molecule has 2 unspecified atom stereocenters. The number of nitrogens with zero attached hydrogens (tertiary/aromatic N) is 1. The van der Waals surface area contributed by atoms with E-state index in [0.29, 0.717) is 12.2 Å². The first-order valence-electron chi connectivity index (χ1n) is 5.34. The quantitative estimate of drug-likeness (QED) is 0.751. The lowest BCUT2D eigenvalue weighted by Gasteiger charge is -2.38. The molecule has 0 saturated carbocycles. The number of ketones is 1. The van der Waals surface area contributed by atoms with Gasteiger partial charge in [-0.15, -0.1) is 0 Å². The maximum absolute atomic E-state index is 11.6. The Kier molecular flexibility index (Phi) is 4.82. The molecule has 1 aliphatic heterocycles. The molecule has 1 fully saturated rings. The summed E-state index contributed by atoms with van der Waals surface area (Å²) >= 11 is 1.66. The van der Waals surface area contributed by atoms with Gasteiger partial charge >= 0.3 is 0 Å². The molecule has 2 atom stereocenters. The fraction of sp³-hybridized carbons (Fsp3) is 0.900. The average molecular weight is 265 g/mol. The van der Waals surface area contributed by atoms with E-state index in [1.807, 2.05) is 11.8 Å². The predicted octanol–water partition coefficient (Wildman–Crippen LogP) is 0.774. The van der Waals surface area contributed by atoms with Crippen LogP contribution in [0.2, 0.25) is 0 Å². The van der Waals surface area contributed by atoms with Gasteiger partial charge in [0.25, 0.3) is 0 Å². The van der Waals surface area contributed by atoms with E-state index in [-0.39, 0.29) is 11.8 Å². The SMILES string of the molecule is CC(=O)CC(C)N1CCSCC1S(C)(=O)=O. The number of carbonyl (C=O) groups excluding carboxylic acids is 1. The molecule has 1 heterocycles. The van der Waals surface area contributed by atoms with Crippen molar-refractivity contribution in [3.05, 3.63) is 0 Å². The molecule has 0 amide bonds. The van der Waals surface area contributed by atoms with Crippen molar-refractivity contribution in [2.45, 2.75) is 31.7 Å². The lowest BCUT2D eigenvalue weighted by molar-refractivity contribution is -0.118. The van der Waals surface area contributed by atoms with E-state index in [9.17, 15) is 13.2 Å². The topological polar surface area (TPSA) is 54.5 Å². The van der Waals surface area contributed by atoms with Gasteiger partial charge in [-0.05, 0) is 13.8 Å². The van der Waals surface area contributed by atoms with Gasteiger partial charge in [-0.3, -0.25) is 9.69 Å². The van der Waals surface area contributed by atoms with E-state index >= 15 is 0 Å². The fourth-order valence-electron chi connectivity index (χ4n) is 2.00. The molecule has 4 nitrogen and oxygen atoms in total. The summed E-state index contributed by atoms with van der Waals surface area (Å²) in [7, 11) is -3.06. The lowest BCUT2D eigenvalue weighted by Crippen LogP contribution is -2.51. The summed E-state index contributed by atoms with van der Waals surface area (Å²) in [6, 6.07) is 0.0122. The molecule has 1 aliphatic rings. The molecule has 0 aromatic rings. The maximum Gasteiger partial charge on any atom is 0.164 e. The highest BCUT2D eigenvalue weighted by molar-refractivity contribution is 8.00. The van der Waals surface area contributed by atoms with Gasteiger partial charge in [0, 0.05) is 36.8 Å². The van der Waals surface area contributed by atoms with E-state index in [1.54, 1.807) is 18.7 Å². The Balaban J connectivity index is 2.78. The van der Waals surface area contributed by atoms with Crippen LogP contribution in [-0.4, -0.2) is 54.8 Å². The third kappa shape index (κ3) is 3.75. The third-order valence-electron chi connectivity index (χ3n) is 2.77. The second kappa shape index (κ2) is 5.51. The molecule has 0 aromatic heterocycles. The molecule has 94 valence electrons. The van der Waals surface area contributed by atoms with Crippen molar-refractivity contribution >= 4 is 27.4 Å². The number of thioether (sulfide) groups is 1. The first-order valence-corrected chi connectivity index (χ1v) is 8.45. The largest absolute Gasteiger partial charge is 0.300 e. The molecule has 0 bridgehead atoms. The van der Waals surface area contributed by atoms with Crippen molar-refractivity contribution in [1.82, 2.24) is 4.90 Å². The summed E-state index contributed by atoms with van der Waals surface area (Å²) in [6.07, 6.45) is 1.70. The maximum atomic E-state index is 11.6. The van der Waals surface area contributed by atoms with Gasteiger partial charge in [0.15, 0.2) is 9.84 Å². The minimum Gasteiger partial charge on any atom is -0.300 e. The molecule has 0 aromatic carbocycles. The zero-order chi connectivity index (χ0) is 12.3.